The molecule has 1 fully saturated rings. The SMILES string of the molecule is COCCOCCNC(=O)CCC(NC(=O)C(NC(=O)C1CCC(OP([O-])(=S)C(C)C)CC1)C(=O)NCCOCCOC)C(=O)NCCOCCOC. The fourth-order valence-electron chi connectivity index (χ4n) is 4.87. The first-order chi connectivity index (χ1) is 25.4. The number of methoxy groups -OCH3 is 3. The lowest BCUT2D eigenvalue weighted by molar-refractivity contribution is -0.189. The lowest BCUT2D eigenvalue weighted by atomic mass is 9.86. The molecule has 1 aliphatic carbocycles. The predicted molar refractivity (Wildman–Crippen MR) is 196 cm³/mol. The van der Waals surface area contributed by atoms with Crippen LogP contribution in [0.3, 0.4) is 0 Å². The van der Waals surface area contributed by atoms with Gasteiger partial charge >= 0.3 is 0 Å². The second kappa shape index (κ2) is 29.0. The molecule has 1 saturated carbocycles. The number of amides is 5. The molecule has 0 aromatic rings. The van der Waals surface area contributed by atoms with Gasteiger partial charge in [0.05, 0.1) is 65.6 Å². The minimum Gasteiger partial charge on any atom is -0.800 e. The van der Waals surface area contributed by atoms with Crippen molar-refractivity contribution in [2.24, 2.45) is 5.92 Å². The Hall–Kier alpha value is -2.32. The number of hydrogen-bond acceptors (Lipinski definition) is 14. The molecule has 18 nitrogen and oxygen atoms in total. The summed E-state index contributed by atoms with van der Waals surface area (Å²) in [5.74, 6) is -3.85. The number of carbonyl (C=O) groups is 5. The second-order valence-corrected chi connectivity index (χ2v) is 16.4. The Bertz CT molecular complexity index is 1130. The Balaban J connectivity index is 3.01. The molecule has 53 heavy (non-hydrogen) atoms. The Labute approximate surface area is 318 Å². The summed E-state index contributed by atoms with van der Waals surface area (Å²) in [4.78, 5) is 78.9. The molecular weight excluding hydrogens is 737 g/mol. The zero-order chi connectivity index (χ0) is 39.5. The summed E-state index contributed by atoms with van der Waals surface area (Å²) in [6.07, 6.45) is 0.950. The van der Waals surface area contributed by atoms with Crippen molar-refractivity contribution in [2.45, 2.75) is 76.2 Å². The standard InChI is InChI=1S/C33H62N5O13PS/c1-24(2)52(44,53)51-26-8-6-25(7-9-26)30(40)38-29(32(42)36-14-17-50-23-20-47-5)33(43)37-27(31(41)35-13-16-49-22-19-46-4)10-11-28(39)34-12-15-48-21-18-45-3/h24-27,29H,6-23H2,1-5H3,(H,34,39)(H,35,41)(H,36,42)(H,37,43)(H,38,40)(H,44,53)/p-1. The molecule has 3 unspecified atom stereocenters. The van der Waals surface area contributed by atoms with E-state index >= 15 is 0 Å². The summed E-state index contributed by atoms with van der Waals surface area (Å²) >= 11 is 5.15. The summed E-state index contributed by atoms with van der Waals surface area (Å²) in [6, 6.07) is -2.95. The van der Waals surface area contributed by atoms with E-state index in [0.29, 0.717) is 65.3 Å². The quantitative estimate of drug-likeness (QED) is 0.0324. The summed E-state index contributed by atoms with van der Waals surface area (Å²) in [6.45, 7) is 3.28. The van der Waals surface area contributed by atoms with Crippen molar-refractivity contribution in [3.8, 4) is 0 Å². The predicted octanol–water partition coefficient (Wildman–Crippen LogP) is -1.27. The van der Waals surface area contributed by atoms with E-state index in [9.17, 15) is 28.9 Å². The van der Waals surface area contributed by atoms with E-state index in [1.165, 1.54) is 14.2 Å². The number of hydrogen-bond donors (Lipinski definition) is 5. The highest BCUT2D eigenvalue weighted by Gasteiger charge is 2.35. The first-order valence-corrected chi connectivity index (χ1v) is 20.7. The van der Waals surface area contributed by atoms with Gasteiger partial charge < -0.3 is 64.4 Å². The van der Waals surface area contributed by atoms with E-state index in [2.05, 4.69) is 26.6 Å². The number of ether oxygens (including phenoxy) is 6. The third kappa shape index (κ3) is 22.0. The van der Waals surface area contributed by atoms with Crippen molar-refractivity contribution in [1.29, 1.82) is 0 Å². The summed E-state index contributed by atoms with van der Waals surface area (Å²) in [5.41, 5.74) is -0.318. The average Bonchev–Trinajstić information content (AvgIpc) is 3.13. The van der Waals surface area contributed by atoms with Crippen molar-refractivity contribution in [3.63, 3.8) is 0 Å². The van der Waals surface area contributed by atoms with E-state index < -0.39 is 48.1 Å². The Kier molecular flexibility index (Phi) is 26.7. The van der Waals surface area contributed by atoms with Crippen LogP contribution in [0.2, 0.25) is 0 Å². The maximum absolute atomic E-state index is 13.7. The Morgan fingerprint density at radius 2 is 1.17 bits per heavy atom. The smallest absolute Gasteiger partial charge is 0.253 e. The zero-order valence-corrected chi connectivity index (χ0v) is 33.5. The van der Waals surface area contributed by atoms with Crippen LogP contribution in [-0.2, 0) is 68.7 Å². The van der Waals surface area contributed by atoms with Gasteiger partial charge in [0, 0.05) is 53.3 Å². The maximum atomic E-state index is 13.7. The zero-order valence-electron chi connectivity index (χ0n) is 31.8. The summed E-state index contributed by atoms with van der Waals surface area (Å²) in [7, 11) is 4.61. The normalized spacial score (nSPS) is 18.0. The van der Waals surface area contributed by atoms with Crippen LogP contribution in [0.15, 0.2) is 0 Å². The molecular formula is C33H61N5O13PS-. The topological polar surface area (TPSA) is 233 Å². The largest absolute Gasteiger partial charge is 0.800 e. The maximum Gasteiger partial charge on any atom is 0.253 e. The molecule has 0 aromatic heterocycles. The third-order valence-electron chi connectivity index (χ3n) is 8.03. The molecule has 0 bridgehead atoms. The molecule has 308 valence electrons. The van der Waals surface area contributed by atoms with E-state index in [0.717, 1.165) is 0 Å². The minimum atomic E-state index is -3.22. The van der Waals surface area contributed by atoms with Crippen molar-refractivity contribution in [2.75, 3.05) is 100 Å². The Morgan fingerprint density at radius 1 is 0.679 bits per heavy atom. The molecule has 0 aliphatic heterocycles. The molecule has 5 amide bonds. The van der Waals surface area contributed by atoms with E-state index in [1.807, 2.05) is 0 Å². The minimum absolute atomic E-state index is 0.0317. The number of rotatable bonds is 30. The van der Waals surface area contributed by atoms with Crippen LogP contribution in [-0.4, -0.2) is 154 Å². The van der Waals surface area contributed by atoms with Gasteiger partial charge in [0.25, 0.3) is 11.8 Å². The van der Waals surface area contributed by atoms with Gasteiger partial charge in [0.15, 0.2) is 6.04 Å². The molecule has 1 aliphatic rings. The van der Waals surface area contributed by atoms with Crippen LogP contribution < -0.4 is 31.5 Å². The lowest BCUT2D eigenvalue weighted by Gasteiger charge is -2.38. The molecule has 20 heteroatoms. The number of carbonyl (C=O) groups excluding carboxylic acids is 5. The second-order valence-electron chi connectivity index (χ2n) is 12.5. The first-order valence-electron chi connectivity index (χ1n) is 18.0. The van der Waals surface area contributed by atoms with Gasteiger partial charge in [-0.3, -0.25) is 24.0 Å². The van der Waals surface area contributed by atoms with E-state index in [-0.39, 0.29) is 70.0 Å². The third-order valence-corrected chi connectivity index (χ3v) is 11.4. The highest BCUT2D eigenvalue weighted by atomic mass is 32.5. The van der Waals surface area contributed by atoms with Gasteiger partial charge in [-0.05, 0) is 44.3 Å². The molecule has 0 radical (unpaired) electrons. The van der Waals surface area contributed by atoms with E-state index in [4.69, 9.17) is 44.8 Å². The summed E-state index contributed by atoms with van der Waals surface area (Å²) < 4.78 is 36.6. The fourth-order valence-corrected chi connectivity index (χ4v) is 6.11. The molecule has 5 N–H and O–H groups in total. The van der Waals surface area contributed by atoms with E-state index in [1.54, 1.807) is 21.0 Å². The molecule has 3 atom stereocenters. The summed E-state index contributed by atoms with van der Waals surface area (Å²) in [5, 5.41) is 13.1. The molecule has 1 rings (SSSR count). The first kappa shape index (κ1) is 48.7. The highest BCUT2D eigenvalue weighted by Crippen LogP contribution is 2.46. The van der Waals surface area contributed by atoms with Crippen LogP contribution in [0, 0.1) is 5.92 Å². The Morgan fingerprint density at radius 3 is 1.66 bits per heavy atom. The molecule has 0 aromatic carbocycles. The van der Waals surface area contributed by atoms with Gasteiger partial charge in [0.2, 0.25) is 17.7 Å². The van der Waals surface area contributed by atoms with Crippen LogP contribution in [0.25, 0.3) is 0 Å². The lowest BCUT2D eigenvalue weighted by Crippen LogP contribution is -2.60. The monoisotopic (exact) mass is 798 g/mol. The van der Waals surface area contributed by atoms with Crippen molar-refractivity contribution < 1.29 is 61.8 Å². The van der Waals surface area contributed by atoms with Gasteiger partial charge in [0.1, 0.15) is 6.04 Å². The van der Waals surface area contributed by atoms with Crippen molar-refractivity contribution in [3.05, 3.63) is 0 Å². The van der Waals surface area contributed by atoms with Gasteiger partial charge in [-0.1, -0.05) is 25.7 Å². The molecule has 0 saturated heterocycles. The molecule has 0 spiro atoms. The average molecular weight is 799 g/mol. The van der Waals surface area contributed by atoms with Crippen LogP contribution in [0.4, 0.5) is 0 Å². The number of nitrogens with one attached hydrogen (secondary N) is 5. The van der Waals surface area contributed by atoms with Crippen LogP contribution in [0.1, 0.15) is 52.4 Å². The van der Waals surface area contributed by atoms with Gasteiger partial charge in [-0.25, -0.2) is 0 Å². The van der Waals surface area contributed by atoms with Crippen LogP contribution >= 0.6 is 6.49 Å². The fraction of sp³-hybridized carbons (Fsp3) is 0.848. The van der Waals surface area contributed by atoms with Gasteiger partial charge in [-0.15, -0.1) is 0 Å². The van der Waals surface area contributed by atoms with Crippen molar-refractivity contribution >= 4 is 47.8 Å². The molecule has 0 heterocycles. The van der Waals surface area contributed by atoms with Crippen LogP contribution in [0.5, 0.6) is 0 Å². The van der Waals surface area contributed by atoms with Crippen molar-refractivity contribution in [1.82, 2.24) is 26.6 Å². The van der Waals surface area contributed by atoms with Gasteiger partial charge in [-0.2, -0.15) is 0 Å². The highest BCUT2D eigenvalue weighted by molar-refractivity contribution is 8.09.